The smallest absolute Gasteiger partial charge is 0.207 e. The molecule has 1 aliphatic heterocycles. The van der Waals surface area contributed by atoms with Gasteiger partial charge in [-0.3, -0.25) is 0 Å². The van der Waals surface area contributed by atoms with Crippen molar-refractivity contribution < 1.29 is 5.11 Å². The van der Waals surface area contributed by atoms with Crippen LogP contribution in [-0.4, -0.2) is 28.0 Å². The first-order chi connectivity index (χ1) is 11.0. The van der Waals surface area contributed by atoms with E-state index in [1.807, 2.05) is 12.1 Å². The maximum absolute atomic E-state index is 10.5. The molecule has 1 aromatic carbocycles. The Morgan fingerprint density at radius 3 is 2.39 bits per heavy atom. The predicted octanol–water partition coefficient (Wildman–Crippen LogP) is 4.13. The zero-order valence-corrected chi connectivity index (χ0v) is 15.2. The highest BCUT2D eigenvalue weighted by Crippen LogP contribution is 2.25. The van der Waals surface area contributed by atoms with Crippen molar-refractivity contribution in [2.75, 3.05) is 18.0 Å². The van der Waals surface area contributed by atoms with Gasteiger partial charge in [-0.2, -0.15) is 0 Å². The van der Waals surface area contributed by atoms with Crippen molar-refractivity contribution in [3.63, 3.8) is 0 Å². The molecule has 23 heavy (non-hydrogen) atoms. The maximum atomic E-state index is 10.5. The van der Waals surface area contributed by atoms with Gasteiger partial charge in [-0.1, -0.05) is 49.4 Å². The average Bonchev–Trinajstić information content (AvgIpc) is 3.18. The molecule has 0 unspecified atom stereocenters. The summed E-state index contributed by atoms with van der Waals surface area (Å²) < 4.78 is 2.49. The Kier molecular flexibility index (Phi) is 5.14. The van der Waals surface area contributed by atoms with E-state index in [1.54, 1.807) is 4.68 Å². The molecule has 0 radical (unpaired) electrons. The highest BCUT2D eigenvalue weighted by Gasteiger charge is 2.18. The van der Waals surface area contributed by atoms with E-state index in [1.165, 1.54) is 29.7 Å². The summed E-state index contributed by atoms with van der Waals surface area (Å²) in [6.07, 6.45) is 1.85. The van der Waals surface area contributed by atoms with Crippen molar-refractivity contribution in [1.29, 1.82) is 0 Å². The molecule has 6 heteroatoms. The Morgan fingerprint density at radius 2 is 1.78 bits per heavy atom. The van der Waals surface area contributed by atoms with Gasteiger partial charge >= 0.3 is 0 Å². The molecule has 4 nitrogen and oxygen atoms in total. The molecule has 0 bridgehead atoms. The highest BCUT2D eigenvalue weighted by molar-refractivity contribution is 7.73. The average molecular weight is 350 g/mol. The number of benzene rings is 1. The third-order valence-corrected chi connectivity index (χ3v) is 5.67. The molecule has 1 fully saturated rings. The fourth-order valence-electron chi connectivity index (χ4n) is 2.82. The Labute approximate surface area is 146 Å². The summed E-state index contributed by atoms with van der Waals surface area (Å²) in [6.45, 7) is 6.85. The first kappa shape index (κ1) is 16.6. The summed E-state index contributed by atoms with van der Waals surface area (Å²) in [5.74, 6) is 0.497. The molecule has 1 saturated heterocycles. The lowest BCUT2D eigenvalue weighted by atomic mass is 10.00. The van der Waals surface area contributed by atoms with Crippen LogP contribution in [0.3, 0.4) is 0 Å². The van der Waals surface area contributed by atoms with Crippen LogP contribution in [0.2, 0.25) is 0 Å². The molecule has 1 N–H and O–H groups in total. The second-order valence-corrected chi connectivity index (χ2v) is 7.97. The van der Waals surface area contributed by atoms with Crippen LogP contribution in [0.5, 0.6) is 0 Å². The van der Waals surface area contributed by atoms with Crippen molar-refractivity contribution in [3.05, 3.63) is 39.3 Å². The summed E-state index contributed by atoms with van der Waals surface area (Å²) in [4.78, 5) is 2.28. The van der Waals surface area contributed by atoms with Crippen LogP contribution in [0, 0.1) is 3.95 Å². The second-order valence-electron chi connectivity index (χ2n) is 6.36. The number of aliphatic hydroxyl groups excluding tert-OH is 1. The lowest BCUT2D eigenvalue weighted by molar-refractivity contribution is 0.151. The van der Waals surface area contributed by atoms with Gasteiger partial charge in [-0.25, -0.2) is 4.68 Å². The normalized spacial score (nSPS) is 16.3. The highest BCUT2D eigenvalue weighted by atomic mass is 32.1. The third kappa shape index (κ3) is 3.82. The third-order valence-electron chi connectivity index (χ3n) is 4.31. The predicted molar refractivity (Wildman–Crippen MR) is 97.9 cm³/mol. The molecule has 0 amide bonds. The van der Waals surface area contributed by atoms with Crippen LogP contribution in [0.15, 0.2) is 24.3 Å². The molecular formula is C17H23N3OS2. The summed E-state index contributed by atoms with van der Waals surface area (Å²) in [5.41, 5.74) is 2.19. The van der Waals surface area contributed by atoms with Gasteiger partial charge in [0.15, 0.2) is 3.95 Å². The van der Waals surface area contributed by atoms with Gasteiger partial charge < -0.3 is 10.0 Å². The number of hydrogen-bond donors (Lipinski definition) is 1. The molecule has 2 heterocycles. The van der Waals surface area contributed by atoms with Crippen molar-refractivity contribution in [2.45, 2.75) is 45.3 Å². The van der Waals surface area contributed by atoms with Gasteiger partial charge in [0.25, 0.3) is 0 Å². The van der Waals surface area contributed by atoms with Gasteiger partial charge in [0.2, 0.25) is 5.13 Å². The number of aromatic nitrogens is 2. The zero-order valence-electron chi connectivity index (χ0n) is 13.6. The molecular weight excluding hydrogens is 326 g/mol. The number of aliphatic hydroxyl groups is 1. The van der Waals surface area contributed by atoms with E-state index in [4.69, 9.17) is 12.2 Å². The van der Waals surface area contributed by atoms with Crippen molar-refractivity contribution in [1.82, 2.24) is 9.78 Å². The van der Waals surface area contributed by atoms with Gasteiger partial charge in [-0.15, -0.1) is 5.10 Å². The number of anilines is 1. The van der Waals surface area contributed by atoms with Crippen LogP contribution in [0.1, 0.15) is 49.8 Å². The Morgan fingerprint density at radius 1 is 1.17 bits per heavy atom. The fraction of sp³-hybridized carbons (Fsp3) is 0.529. The van der Waals surface area contributed by atoms with Crippen molar-refractivity contribution in [3.8, 4) is 0 Å². The van der Waals surface area contributed by atoms with E-state index in [0.29, 0.717) is 12.5 Å². The lowest BCUT2D eigenvalue weighted by Crippen LogP contribution is -2.18. The van der Waals surface area contributed by atoms with Crippen molar-refractivity contribution in [2.24, 2.45) is 0 Å². The molecule has 1 aliphatic rings. The molecule has 1 atom stereocenters. The summed E-state index contributed by atoms with van der Waals surface area (Å²) in [6, 6.07) is 8.16. The number of hydrogen-bond acceptors (Lipinski definition) is 5. The topological polar surface area (TPSA) is 41.3 Å². The minimum atomic E-state index is -0.587. The van der Waals surface area contributed by atoms with E-state index in [9.17, 15) is 5.11 Å². The molecule has 0 saturated carbocycles. The monoisotopic (exact) mass is 349 g/mol. The Hall–Kier alpha value is -1.24. The molecule has 0 aliphatic carbocycles. The van der Waals surface area contributed by atoms with E-state index in [-0.39, 0.29) is 0 Å². The fourth-order valence-corrected chi connectivity index (χ4v) is 3.99. The minimum Gasteiger partial charge on any atom is -0.386 e. The minimum absolute atomic E-state index is 0.407. The molecule has 1 aromatic heterocycles. The zero-order chi connectivity index (χ0) is 16.4. The van der Waals surface area contributed by atoms with E-state index < -0.39 is 6.10 Å². The maximum Gasteiger partial charge on any atom is 0.207 e. The molecule has 2 aromatic rings. The van der Waals surface area contributed by atoms with Gasteiger partial charge in [0.1, 0.15) is 0 Å². The molecule has 124 valence electrons. The number of nitrogens with zero attached hydrogens (tertiary/aromatic N) is 3. The standard InChI is InChI=1S/C17H23N3OS2/c1-12(2)13-5-7-14(8-6-13)15(21)11-20-17(22)23-16(18-20)19-9-3-4-10-19/h5-8,12,15,21H,3-4,9-11H2,1-2H3/t15-/m1/s1. The number of rotatable bonds is 5. The first-order valence-electron chi connectivity index (χ1n) is 8.15. The van der Waals surface area contributed by atoms with Gasteiger partial charge in [0.05, 0.1) is 12.6 Å². The summed E-state index contributed by atoms with van der Waals surface area (Å²) in [7, 11) is 0. The van der Waals surface area contributed by atoms with Crippen LogP contribution < -0.4 is 4.90 Å². The van der Waals surface area contributed by atoms with Gasteiger partial charge in [0, 0.05) is 13.1 Å². The van der Waals surface area contributed by atoms with Crippen LogP contribution in [0.4, 0.5) is 5.13 Å². The second kappa shape index (κ2) is 7.11. The largest absolute Gasteiger partial charge is 0.386 e. The van der Waals surface area contributed by atoms with E-state index >= 15 is 0 Å². The van der Waals surface area contributed by atoms with E-state index in [0.717, 1.165) is 27.7 Å². The first-order valence-corrected chi connectivity index (χ1v) is 9.38. The summed E-state index contributed by atoms with van der Waals surface area (Å²) >= 11 is 6.95. The molecule has 3 rings (SSSR count). The quantitative estimate of drug-likeness (QED) is 0.824. The Bertz CT molecular complexity index is 699. The Balaban J connectivity index is 1.72. The van der Waals surface area contributed by atoms with Gasteiger partial charge in [-0.05, 0) is 42.1 Å². The van der Waals surface area contributed by atoms with Crippen molar-refractivity contribution >= 4 is 28.7 Å². The van der Waals surface area contributed by atoms with Crippen LogP contribution >= 0.6 is 23.6 Å². The van der Waals surface area contributed by atoms with Crippen LogP contribution in [-0.2, 0) is 6.54 Å². The van der Waals surface area contributed by atoms with Crippen LogP contribution in [0.25, 0.3) is 0 Å². The lowest BCUT2D eigenvalue weighted by Gasteiger charge is -2.14. The molecule has 0 spiro atoms. The van der Waals surface area contributed by atoms with E-state index in [2.05, 4.69) is 36.0 Å². The SMILES string of the molecule is CC(C)c1ccc([C@H](O)Cn2nc(N3CCCC3)sc2=S)cc1. The summed E-state index contributed by atoms with van der Waals surface area (Å²) in [5, 5.41) is 16.1.